The molecule has 2 aromatic heterocycles. The first-order valence-electron chi connectivity index (χ1n) is 10.3. The number of rotatable bonds is 3. The lowest BCUT2D eigenvalue weighted by atomic mass is 9.60. The molecule has 9 heteroatoms. The van der Waals surface area contributed by atoms with E-state index >= 15 is 0 Å². The van der Waals surface area contributed by atoms with Crippen LogP contribution in [0.25, 0.3) is 0 Å². The maximum atomic E-state index is 11.6. The van der Waals surface area contributed by atoms with Crippen LogP contribution in [-0.4, -0.2) is 39.5 Å². The van der Waals surface area contributed by atoms with Crippen LogP contribution in [0.5, 0.6) is 0 Å². The second kappa shape index (κ2) is 6.49. The Bertz CT molecular complexity index is 867. The molecule has 3 heterocycles. The van der Waals surface area contributed by atoms with Gasteiger partial charge in [-0.05, 0) is 51.4 Å². The van der Waals surface area contributed by atoms with Gasteiger partial charge in [0, 0.05) is 25.1 Å². The number of amides is 2. The molecule has 3 aliphatic carbocycles. The van der Waals surface area contributed by atoms with Crippen molar-refractivity contribution in [2.24, 2.45) is 5.92 Å². The summed E-state index contributed by atoms with van der Waals surface area (Å²) in [5.41, 5.74) is 1.15. The highest BCUT2D eigenvalue weighted by atomic mass is 16.5. The van der Waals surface area contributed by atoms with Crippen LogP contribution in [0.3, 0.4) is 0 Å². The van der Waals surface area contributed by atoms with E-state index in [0.717, 1.165) is 24.0 Å². The van der Waals surface area contributed by atoms with E-state index in [2.05, 4.69) is 32.7 Å². The number of anilines is 2. The summed E-state index contributed by atoms with van der Waals surface area (Å²) < 4.78 is 7.67. The number of aromatic nitrogens is 4. The zero-order chi connectivity index (χ0) is 19.3. The lowest BCUT2D eigenvalue weighted by Gasteiger charge is -2.44. The molecule has 0 spiro atoms. The highest BCUT2D eigenvalue weighted by Crippen LogP contribution is 2.51. The molecular weight excluding hydrogens is 358 g/mol. The molecule has 4 aliphatic rings. The van der Waals surface area contributed by atoms with Crippen LogP contribution in [-0.2, 0) is 12.0 Å². The number of hydrogen-bond donors (Lipinski definition) is 2. The Morgan fingerprint density at radius 3 is 2.71 bits per heavy atom. The number of carbonyl (C=O) groups is 1. The van der Waals surface area contributed by atoms with E-state index in [4.69, 9.17) is 9.51 Å². The van der Waals surface area contributed by atoms with Gasteiger partial charge in [0.25, 0.3) is 0 Å². The van der Waals surface area contributed by atoms with Gasteiger partial charge < -0.3 is 14.7 Å². The average molecular weight is 385 g/mol. The first-order chi connectivity index (χ1) is 13.6. The topological polar surface area (TPSA) is 101 Å². The summed E-state index contributed by atoms with van der Waals surface area (Å²) in [6, 6.07) is 2.26. The fourth-order valence-electron chi connectivity index (χ4n) is 5.14. The van der Waals surface area contributed by atoms with Gasteiger partial charge in [0.1, 0.15) is 0 Å². The predicted octanol–water partition coefficient (Wildman–Crippen LogP) is 2.82. The molecule has 0 saturated heterocycles. The van der Waals surface area contributed by atoms with Gasteiger partial charge in [-0.2, -0.15) is 10.1 Å². The van der Waals surface area contributed by atoms with E-state index < -0.39 is 0 Å². The van der Waals surface area contributed by atoms with Gasteiger partial charge in [0.2, 0.25) is 0 Å². The zero-order valence-corrected chi connectivity index (χ0v) is 16.4. The molecule has 3 saturated carbocycles. The fourth-order valence-corrected chi connectivity index (χ4v) is 5.14. The largest absolute Gasteiger partial charge is 0.341 e. The SMILES string of the molecule is CNC(=O)Nc1cc2n(n1)CCN(c1nc(C34CCC(CC3)CC4)no1)C2C. The van der Waals surface area contributed by atoms with Gasteiger partial charge in [0.05, 0.1) is 18.3 Å². The van der Waals surface area contributed by atoms with Crippen LogP contribution in [0.15, 0.2) is 10.6 Å². The predicted molar refractivity (Wildman–Crippen MR) is 103 cm³/mol. The number of hydrogen-bond acceptors (Lipinski definition) is 6. The zero-order valence-electron chi connectivity index (χ0n) is 16.4. The van der Waals surface area contributed by atoms with Gasteiger partial charge in [-0.1, -0.05) is 5.16 Å². The second-order valence-corrected chi connectivity index (χ2v) is 8.41. The number of carbonyl (C=O) groups excluding carboxylic acids is 1. The highest BCUT2D eigenvalue weighted by molar-refractivity contribution is 5.87. The number of nitrogens with zero attached hydrogens (tertiary/aromatic N) is 5. The van der Waals surface area contributed by atoms with Crippen LogP contribution in [0.4, 0.5) is 16.6 Å². The molecule has 9 nitrogen and oxygen atoms in total. The molecule has 1 aliphatic heterocycles. The number of nitrogens with one attached hydrogen (secondary N) is 2. The molecule has 2 bridgehead atoms. The van der Waals surface area contributed by atoms with Crippen LogP contribution < -0.4 is 15.5 Å². The molecule has 1 atom stereocenters. The van der Waals surface area contributed by atoms with Crippen molar-refractivity contribution in [2.75, 3.05) is 23.8 Å². The van der Waals surface area contributed by atoms with Crippen molar-refractivity contribution in [3.63, 3.8) is 0 Å². The third-order valence-corrected chi connectivity index (χ3v) is 6.96. The van der Waals surface area contributed by atoms with Gasteiger partial charge >= 0.3 is 12.0 Å². The van der Waals surface area contributed by atoms with Gasteiger partial charge in [-0.25, -0.2) is 4.79 Å². The van der Waals surface area contributed by atoms with Crippen LogP contribution >= 0.6 is 0 Å². The van der Waals surface area contributed by atoms with Gasteiger partial charge in [0.15, 0.2) is 11.6 Å². The molecule has 0 aromatic carbocycles. The van der Waals surface area contributed by atoms with Gasteiger partial charge in [-0.15, -0.1) is 0 Å². The molecule has 2 N–H and O–H groups in total. The molecule has 2 amide bonds. The first kappa shape index (κ1) is 17.5. The molecule has 2 aromatic rings. The minimum Gasteiger partial charge on any atom is -0.341 e. The van der Waals surface area contributed by atoms with Crippen molar-refractivity contribution >= 4 is 17.9 Å². The quantitative estimate of drug-likeness (QED) is 0.842. The summed E-state index contributed by atoms with van der Waals surface area (Å²) in [7, 11) is 1.58. The normalized spacial score (nSPS) is 28.9. The third kappa shape index (κ3) is 2.75. The molecule has 150 valence electrons. The van der Waals surface area contributed by atoms with E-state index in [1.165, 1.54) is 38.5 Å². The molecule has 3 fully saturated rings. The van der Waals surface area contributed by atoms with E-state index in [1.807, 2.05) is 10.7 Å². The Hall–Kier alpha value is -2.58. The van der Waals surface area contributed by atoms with E-state index in [-0.39, 0.29) is 17.5 Å². The maximum Gasteiger partial charge on any atom is 0.324 e. The number of fused-ring (bicyclic) bond motifs is 4. The Labute approximate surface area is 163 Å². The summed E-state index contributed by atoms with van der Waals surface area (Å²) in [6.45, 7) is 3.55. The second-order valence-electron chi connectivity index (χ2n) is 8.41. The van der Waals surface area contributed by atoms with E-state index in [1.54, 1.807) is 7.05 Å². The molecule has 6 rings (SSSR count). The first-order valence-corrected chi connectivity index (χ1v) is 10.3. The van der Waals surface area contributed by atoms with Crippen LogP contribution in [0, 0.1) is 5.92 Å². The standard InChI is InChI=1S/C19H27N7O2/c1-12-14-11-15(21-17(27)20-2)23-26(14)10-9-25(12)18-22-16(24-28-18)19-6-3-13(4-7-19)5-8-19/h11-13H,3-10H2,1-2H3,(H2,20,21,23,27). The minimum absolute atomic E-state index is 0.0365. The summed E-state index contributed by atoms with van der Waals surface area (Å²) in [5, 5.41) is 14.2. The maximum absolute atomic E-state index is 11.6. The summed E-state index contributed by atoms with van der Waals surface area (Å²) in [6.07, 6.45) is 7.45. The van der Waals surface area contributed by atoms with E-state index in [9.17, 15) is 4.79 Å². The molecular formula is C19H27N7O2. The summed E-state index contributed by atoms with van der Waals surface area (Å²) >= 11 is 0. The molecule has 1 unspecified atom stereocenters. The van der Waals surface area contributed by atoms with Crippen molar-refractivity contribution in [3.8, 4) is 0 Å². The molecule has 0 radical (unpaired) electrons. The Morgan fingerprint density at radius 1 is 1.25 bits per heavy atom. The minimum atomic E-state index is -0.275. The summed E-state index contributed by atoms with van der Waals surface area (Å²) in [4.78, 5) is 18.6. The smallest absolute Gasteiger partial charge is 0.324 e. The lowest BCUT2D eigenvalue weighted by Crippen LogP contribution is -2.39. The third-order valence-electron chi connectivity index (χ3n) is 6.96. The monoisotopic (exact) mass is 385 g/mol. The van der Waals surface area contributed by atoms with Crippen molar-refractivity contribution < 1.29 is 9.32 Å². The average Bonchev–Trinajstić information content (AvgIpc) is 3.37. The Morgan fingerprint density at radius 2 is 2.00 bits per heavy atom. The van der Waals surface area contributed by atoms with Crippen molar-refractivity contribution in [1.29, 1.82) is 0 Å². The van der Waals surface area contributed by atoms with Crippen molar-refractivity contribution in [3.05, 3.63) is 17.6 Å². The Kier molecular flexibility index (Phi) is 4.06. The lowest BCUT2D eigenvalue weighted by molar-refractivity contribution is 0.125. The summed E-state index contributed by atoms with van der Waals surface area (Å²) in [5.74, 6) is 2.36. The molecule has 28 heavy (non-hydrogen) atoms. The van der Waals surface area contributed by atoms with Crippen LogP contribution in [0.1, 0.15) is 63.0 Å². The fraction of sp³-hybridized carbons (Fsp3) is 0.684. The van der Waals surface area contributed by atoms with Crippen molar-refractivity contribution in [1.82, 2.24) is 25.2 Å². The van der Waals surface area contributed by atoms with E-state index in [0.29, 0.717) is 18.4 Å². The van der Waals surface area contributed by atoms with Crippen LogP contribution in [0.2, 0.25) is 0 Å². The Balaban J connectivity index is 1.37. The highest BCUT2D eigenvalue weighted by Gasteiger charge is 2.45. The van der Waals surface area contributed by atoms with Crippen molar-refractivity contribution in [2.45, 2.75) is 63.5 Å². The number of urea groups is 1. The van der Waals surface area contributed by atoms with Gasteiger partial charge in [-0.3, -0.25) is 10.00 Å².